The average molecular weight is 358 g/mol. The number of halogens is 1. The standard InChI is InChI=1S/C22H19FN4/c1-13-2-5-17-16(8-13)12-26-27-22(17)10-14-3-6-19(23)18(9-14)15-4-7-20(24)21(25)11-15/h2-9,11-12H,10,24-25H2,1H3. The van der Waals surface area contributed by atoms with Crippen LogP contribution >= 0.6 is 0 Å². The number of hydrogen-bond acceptors (Lipinski definition) is 4. The Morgan fingerprint density at radius 3 is 2.59 bits per heavy atom. The number of nitrogen functional groups attached to an aromatic ring is 2. The maximum atomic E-state index is 14.4. The predicted octanol–water partition coefficient (Wildman–Crippen LogP) is 4.50. The van der Waals surface area contributed by atoms with Crippen molar-refractivity contribution in [2.24, 2.45) is 0 Å². The Kier molecular flexibility index (Phi) is 4.20. The molecule has 5 heteroatoms. The molecule has 4 aromatic rings. The molecule has 3 aromatic carbocycles. The smallest absolute Gasteiger partial charge is 0.131 e. The molecule has 0 saturated carbocycles. The first-order valence-electron chi connectivity index (χ1n) is 8.66. The van der Waals surface area contributed by atoms with Gasteiger partial charge < -0.3 is 11.5 Å². The van der Waals surface area contributed by atoms with E-state index in [4.69, 9.17) is 11.5 Å². The zero-order chi connectivity index (χ0) is 19.0. The van der Waals surface area contributed by atoms with Crippen LogP contribution in [0.3, 0.4) is 0 Å². The summed E-state index contributed by atoms with van der Waals surface area (Å²) in [4.78, 5) is 0. The van der Waals surface area contributed by atoms with E-state index in [1.165, 1.54) is 11.6 Å². The van der Waals surface area contributed by atoms with Gasteiger partial charge >= 0.3 is 0 Å². The Morgan fingerprint density at radius 2 is 1.78 bits per heavy atom. The fourth-order valence-electron chi connectivity index (χ4n) is 3.24. The van der Waals surface area contributed by atoms with Gasteiger partial charge in [-0.2, -0.15) is 10.2 Å². The van der Waals surface area contributed by atoms with E-state index in [1.54, 1.807) is 30.5 Å². The van der Waals surface area contributed by atoms with Crippen LogP contribution in [-0.4, -0.2) is 10.2 Å². The number of hydrogen-bond donors (Lipinski definition) is 2. The molecule has 0 amide bonds. The van der Waals surface area contributed by atoms with Crippen molar-refractivity contribution >= 4 is 22.1 Å². The third-order valence-electron chi connectivity index (χ3n) is 4.69. The van der Waals surface area contributed by atoms with Crippen LogP contribution in [0, 0.1) is 12.7 Å². The molecule has 1 heterocycles. The summed E-state index contributed by atoms with van der Waals surface area (Å²) in [5, 5.41) is 10.5. The molecule has 0 fully saturated rings. The number of anilines is 2. The molecule has 4 N–H and O–H groups in total. The zero-order valence-corrected chi connectivity index (χ0v) is 14.9. The molecule has 27 heavy (non-hydrogen) atoms. The number of aromatic nitrogens is 2. The molecule has 0 atom stereocenters. The lowest BCUT2D eigenvalue weighted by Gasteiger charge is -2.10. The first kappa shape index (κ1) is 17.0. The monoisotopic (exact) mass is 358 g/mol. The lowest BCUT2D eigenvalue weighted by atomic mass is 9.98. The molecule has 0 aliphatic carbocycles. The van der Waals surface area contributed by atoms with Crippen molar-refractivity contribution in [1.29, 1.82) is 0 Å². The van der Waals surface area contributed by atoms with Crippen LogP contribution in [0.25, 0.3) is 21.9 Å². The number of benzene rings is 3. The van der Waals surface area contributed by atoms with Gasteiger partial charge in [0.25, 0.3) is 0 Å². The first-order valence-corrected chi connectivity index (χ1v) is 8.66. The maximum absolute atomic E-state index is 14.4. The van der Waals surface area contributed by atoms with Gasteiger partial charge in [-0.1, -0.05) is 29.8 Å². The van der Waals surface area contributed by atoms with Crippen LogP contribution < -0.4 is 11.5 Å². The number of nitrogens with two attached hydrogens (primary N) is 2. The molecule has 0 spiro atoms. The molecule has 0 aliphatic heterocycles. The normalized spacial score (nSPS) is 11.0. The lowest BCUT2D eigenvalue weighted by Crippen LogP contribution is -1.98. The van der Waals surface area contributed by atoms with E-state index in [1.807, 2.05) is 13.0 Å². The Hall–Kier alpha value is -3.47. The van der Waals surface area contributed by atoms with E-state index in [0.29, 0.717) is 28.9 Å². The zero-order valence-electron chi connectivity index (χ0n) is 14.9. The highest BCUT2D eigenvalue weighted by atomic mass is 19.1. The van der Waals surface area contributed by atoms with Gasteiger partial charge in [0, 0.05) is 22.8 Å². The van der Waals surface area contributed by atoms with E-state index in [0.717, 1.165) is 22.0 Å². The van der Waals surface area contributed by atoms with Gasteiger partial charge in [0.1, 0.15) is 5.82 Å². The average Bonchev–Trinajstić information content (AvgIpc) is 2.65. The number of fused-ring (bicyclic) bond motifs is 1. The second-order valence-electron chi connectivity index (χ2n) is 6.72. The van der Waals surface area contributed by atoms with Crippen molar-refractivity contribution in [3.63, 3.8) is 0 Å². The van der Waals surface area contributed by atoms with Crippen molar-refractivity contribution in [3.8, 4) is 11.1 Å². The molecule has 0 bridgehead atoms. The highest BCUT2D eigenvalue weighted by Gasteiger charge is 2.11. The van der Waals surface area contributed by atoms with E-state index in [2.05, 4.69) is 28.4 Å². The van der Waals surface area contributed by atoms with Gasteiger partial charge in [0.15, 0.2) is 0 Å². The van der Waals surface area contributed by atoms with Gasteiger partial charge in [-0.05, 0) is 48.4 Å². The fraction of sp³-hybridized carbons (Fsp3) is 0.0909. The van der Waals surface area contributed by atoms with Gasteiger partial charge in [-0.15, -0.1) is 0 Å². The summed E-state index contributed by atoms with van der Waals surface area (Å²) < 4.78 is 14.4. The minimum absolute atomic E-state index is 0.303. The van der Waals surface area contributed by atoms with Crippen LogP contribution in [0.2, 0.25) is 0 Å². The summed E-state index contributed by atoms with van der Waals surface area (Å²) in [6.45, 7) is 2.05. The van der Waals surface area contributed by atoms with Crippen LogP contribution in [-0.2, 0) is 6.42 Å². The molecule has 4 nitrogen and oxygen atoms in total. The van der Waals surface area contributed by atoms with Crippen LogP contribution in [0.15, 0.2) is 60.8 Å². The van der Waals surface area contributed by atoms with Crippen LogP contribution in [0.1, 0.15) is 16.8 Å². The Morgan fingerprint density at radius 1 is 0.926 bits per heavy atom. The third kappa shape index (κ3) is 3.31. The molecule has 4 rings (SSSR count). The summed E-state index contributed by atoms with van der Waals surface area (Å²) in [6.07, 6.45) is 2.32. The Balaban J connectivity index is 1.75. The van der Waals surface area contributed by atoms with Crippen molar-refractivity contribution in [2.45, 2.75) is 13.3 Å². The molecular formula is C22H19FN4. The fourth-order valence-corrected chi connectivity index (χ4v) is 3.24. The van der Waals surface area contributed by atoms with E-state index >= 15 is 0 Å². The predicted molar refractivity (Wildman–Crippen MR) is 108 cm³/mol. The van der Waals surface area contributed by atoms with E-state index in [9.17, 15) is 4.39 Å². The third-order valence-corrected chi connectivity index (χ3v) is 4.69. The van der Waals surface area contributed by atoms with E-state index < -0.39 is 0 Å². The van der Waals surface area contributed by atoms with Gasteiger partial charge in [0.05, 0.1) is 23.3 Å². The second kappa shape index (κ2) is 6.68. The van der Waals surface area contributed by atoms with E-state index in [-0.39, 0.29) is 5.82 Å². The Labute approximate surface area is 156 Å². The number of nitrogens with zero attached hydrogens (tertiary/aromatic N) is 2. The van der Waals surface area contributed by atoms with Crippen LogP contribution in [0.5, 0.6) is 0 Å². The first-order chi connectivity index (χ1) is 13.0. The van der Waals surface area contributed by atoms with Crippen molar-refractivity contribution in [1.82, 2.24) is 10.2 Å². The lowest BCUT2D eigenvalue weighted by molar-refractivity contribution is 0.630. The largest absolute Gasteiger partial charge is 0.397 e. The number of aryl methyl sites for hydroxylation is 1. The van der Waals surface area contributed by atoms with Gasteiger partial charge in [-0.25, -0.2) is 4.39 Å². The molecule has 0 unspecified atom stereocenters. The summed E-state index contributed by atoms with van der Waals surface area (Å²) in [7, 11) is 0. The molecule has 0 saturated heterocycles. The van der Waals surface area contributed by atoms with Gasteiger partial charge in [0.2, 0.25) is 0 Å². The second-order valence-corrected chi connectivity index (χ2v) is 6.72. The quantitative estimate of drug-likeness (QED) is 0.529. The molecule has 1 aromatic heterocycles. The van der Waals surface area contributed by atoms with Crippen LogP contribution in [0.4, 0.5) is 15.8 Å². The van der Waals surface area contributed by atoms with Crippen molar-refractivity contribution in [3.05, 3.63) is 83.4 Å². The minimum atomic E-state index is -0.303. The van der Waals surface area contributed by atoms with Gasteiger partial charge in [-0.3, -0.25) is 0 Å². The summed E-state index contributed by atoms with van der Waals surface area (Å²) in [5.41, 5.74) is 16.7. The maximum Gasteiger partial charge on any atom is 0.131 e. The molecular weight excluding hydrogens is 339 g/mol. The highest BCUT2D eigenvalue weighted by Crippen LogP contribution is 2.29. The molecule has 0 radical (unpaired) electrons. The highest BCUT2D eigenvalue weighted by molar-refractivity contribution is 5.84. The molecule has 0 aliphatic rings. The topological polar surface area (TPSA) is 77.8 Å². The Bertz CT molecular complexity index is 1150. The SMILES string of the molecule is Cc1ccc2c(Cc3ccc(F)c(-c4ccc(N)c(N)c4)c3)nncc2c1. The molecule has 134 valence electrons. The van der Waals surface area contributed by atoms with Crippen molar-refractivity contribution in [2.75, 3.05) is 11.5 Å². The summed E-state index contributed by atoms with van der Waals surface area (Å²) in [6, 6.07) is 16.4. The number of rotatable bonds is 3. The summed E-state index contributed by atoms with van der Waals surface area (Å²) in [5.74, 6) is -0.303. The van der Waals surface area contributed by atoms with Crippen molar-refractivity contribution < 1.29 is 4.39 Å². The summed E-state index contributed by atoms with van der Waals surface area (Å²) >= 11 is 0. The minimum Gasteiger partial charge on any atom is -0.397 e.